The number of ketones is 1. The van der Waals surface area contributed by atoms with E-state index < -0.39 is 0 Å². The van der Waals surface area contributed by atoms with E-state index >= 15 is 0 Å². The van der Waals surface area contributed by atoms with Crippen molar-refractivity contribution in [3.8, 4) is 0 Å². The van der Waals surface area contributed by atoms with Gasteiger partial charge in [0.1, 0.15) is 6.10 Å². The first-order chi connectivity index (χ1) is 5.86. The van der Waals surface area contributed by atoms with Crippen molar-refractivity contribution in [2.45, 2.75) is 18.8 Å². The number of hydrogen-bond donors (Lipinski definition) is 0. The van der Waals surface area contributed by atoms with Crippen molar-refractivity contribution < 1.29 is 14.3 Å². The van der Waals surface area contributed by atoms with E-state index in [-0.39, 0.29) is 18.3 Å². The van der Waals surface area contributed by atoms with Gasteiger partial charge in [0.2, 0.25) is 0 Å². The minimum absolute atomic E-state index is 0.0264. The second-order valence-electron chi connectivity index (χ2n) is 4.41. The van der Waals surface area contributed by atoms with Gasteiger partial charge in [0.25, 0.3) is 0 Å². The summed E-state index contributed by atoms with van der Waals surface area (Å²) in [4.78, 5) is 11.6. The Morgan fingerprint density at radius 2 is 2.25 bits per heavy atom. The van der Waals surface area contributed by atoms with Crippen molar-refractivity contribution in [1.82, 2.24) is 0 Å². The van der Waals surface area contributed by atoms with E-state index in [9.17, 15) is 4.79 Å². The van der Waals surface area contributed by atoms with Crippen LogP contribution < -0.4 is 0 Å². The number of Topliss-reactive ketones (excluding diaryl/α,β-unsaturated/α-hetero) is 1. The van der Waals surface area contributed by atoms with Crippen molar-refractivity contribution >= 4 is 5.78 Å². The molecule has 2 aliphatic carbocycles. The van der Waals surface area contributed by atoms with Crippen LogP contribution in [0.2, 0.25) is 0 Å². The second-order valence-corrected chi connectivity index (χ2v) is 4.41. The molecule has 12 heavy (non-hydrogen) atoms. The highest BCUT2D eigenvalue weighted by Gasteiger charge is 2.68. The van der Waals surface area contributed by atoms with Gasteiger partial charge >= 0.3 is 0 Å². The van der Waals surface area contributed by atoms with Gasteiger partial charge in [0.15, 0.2) is 12.1 Å². The zero-order valence-electron chi connectivity index (χ0n) is 6.60. The van der Waals surface area contributed by atoms with Gasteiger partial charge in [-0.05, 0) is 6.42 Å². The lowest BCUT2D eigenvalue weighted by atomic mass is 9.81. The minimum atomic E-state index is -0.0819. The molecule has 0 aromatic carbocycles. The predicted molar refractivity (Wildman–Crippen MR) is 38.2 cm³/mol. The molecule has 6 atom stereocenters. The van der Waals surface area contributed by atoms with E-state index in [4.69, 9.17) is 9.47 Å². The normalized spacial score (nSPS) is 65.2. The van der Waals surface area contributed by atoms with Crippen LogP contribution in [0.25, 0.3) is 0 Å². The lowest BCUT2D eigenvalue weighted by Crippen LogP contribution is -2.33. The molecule has 4 rings (SSSR count). The second kappa shape index (κ2) is 1.61. The molecule has 0 spiro atoms. The average molecular weight is 166 g/mol. The van der Waals surface area contributed by atoms with Crippen molar-refractivity contribution in [2.24, 2.45) is 23.7 Å². The Balaban J connectivity index is 1.92. The van der Waals surface area contributed by atoms with Crippen LogP contribution >= 0.6 is 0 Å². The number of rotatable bonds is 0. The largest absolute Gasteiger partial charge is 0.352 e. The maximum Gasteiger partial charge on any atom is 0.165 e. The summed E-state index contributed by atoms with van der Waals surface area (Å²) in [7, 11) is 0. The third kappa shape index (κ3) is 0.430. The number of carbonyl (C=O) groups is 1. The number of carbonyl (C=O) groups excluding carboxylic acids is 1. The fraction of sp³-hybridized carbons (Fsp3) is 0.889. The Bertz CT molecular complexity index is 273. The van der Waals surface area contributed by atoms with Gasteiger partial charge in [0.05, 0.1) is 6.61 Å². The van der Waals surface area contributed by atoms with Crippen LogP contribution in [0.4, 0.5) is 0 Å². The predicted octanol–water partition coefficient (Wildman–Crippen LogP) is 0.193. The molecule has 2 saturated heterocycles. The molecule has 0 amide bonds. The molecule has 3 heteroatoms. The van der Waals surface area contributed by atoms with Gasteiger partial charge in [-0.25, -0.2) is 0 Å². The topological polar surface area (TPSA) is 35.5 Å². The zero-order chi connectivity index (χ0) is 7.87. The first kappa shape index (κ1) is 6.11. The van der Waals surface area contributed by atoms with Crippen LogP contribution in [0.1, 0.15) is 6.42 Å². The fourth-order valence-electron chi connectivity index (χ4n) is 3.68. The van der Waals surface area contributed by atoms with Gasteiger partial charge in [0, 0.05) is 23.7 Å². The number of fused-ring (bicyclic) bond motifs is 2. The summed E-state index contributed by atoms with van der Waals surface area (Å²) in [6.45, 7) is 0.759. The summed E-state index contributed by atoms with van der Waals surface area (Å²) in [5.74, 6) is 2.24. The van der Waals surface area contributed by atoms with E-state index in [0.29, 0.717) is 23.5 Å². The smallest absolute Gasteiger partial charge is 0.165 e. The van der Waals surface area contributed by atoms with E-state index in [1.165, 1.54) is 0 Å². The van der Waals surface area contributed by atoms with E-state index in [2.05, 4.69) is 0 Å². The van der Waals surface area contributed by atoms with E-state index in [0.717, 1.165) is 13.0 Å². The van der Waals surface area contributed by atoms with E-state index in [1.807, 2.05) is 0 Å². The molecular formula is C9H10O3. The van der Waals surface area contributed by atoms with Crippen LogP contribution in [-0.2, 0) is 14.3 Å². The quantitative estimate of drug-likeness (QED) is 0.515. The highest BCUT2D eigenvalue weighted by atomic mass is 16.7. The highest BCUT2D eigenvalue weighted by Crippen LogP contribution is 2.60. The third-order valence-electron chi connectivity index (χ3n) is 4.11. The Hall–Kier alpha value is -0.410. The molecule has 5 unspecified atom stereocenters. The van der Waals surface area contributed by atoms with Crippen LogP contribution in [0.15, 0.2) is 0 Å². The molecule has 2 heterocycles. The monoisotopic (exact) mass is 166 g/mol. The first-order valence-electron chi connectivity index (χ1n) is 4.67. The molecule has 2 bridgehead atoms. The summed E-state index contributed by atoms with van der Waals surface area (Å²) in [5.41, 5.74) is 0. The van der Waals surface area contributed by atoms with Gasteiger partial charge in [-0.1, -0.05) is 0 Å². The Morgan fingerprint density at radius 1 is 1.33 bits per heavy atom. The van der Waals surface area contributed by atoms with Gasteiger partial charge in [-0.15, -0.1) is 0 Å². The van der Waals surface area contributed by atoms with Crippen molar-refractivity contribution in [3.63, 3.8) is 0 Å². The number of hydrogen-bond acceptors (Lipinski definition) is 3. The fourth-order valence-corrected chi connectivity index (χ4v) is 3.68. The number of ether oxygens (including phenoxy) is 2. The summed E-state index contributed by atoms with van der Waals surface area (Å²) in [6.07, 6.45) is 0.974. The summed E-state index contributed by atoms with van der Waals surface area (Å²) in [6, 6.07) is 0. The van der Waals surface area contributed by atoms with Crippen molar-refractivity contribution in [2.75, 3.05) is 6.61 Å². The molecule has 2 aliphatic heterocycles. The zero-order valence-corrected chi connectivity index (χ0v) is 6.60. The van der Waals surface area contributed by atoms with Gasteiger partial charge in [-0.2, -0.15) is 0 Å². The summed E-state index contributed by atoms with van der Waals surface area (Å²) >= 11 is 0. The standard InChI is InChI=1S/C9H10O3/c10-7-3-1-4-6-5(3)2-11-9(6)12-8(4)7/h3-6,8-9H,1-2H2/t3?,4?,5?,6?,8?,9-/m1/s1. The molecule has 4 fully saturated rings. The van der Waals surface area contributed by atoms with Crippen molar-refractivity contribution in [1.29, 1.82) is 0 Å². The lowest BCUT2D eigenvalue weighted by Gasteiger charge is -2.20. The van der Waals surface area contributed by atoms with Gasteiger partial charge < -0.3 is 9.47 Å². The van der Waals surface area contributed by atoms with Crippen LogP contribution in [-0.4, -0.2) is 24.8 Å². The maximum absolute atomic E-state index is 11.6. The average Bonchev–Trinajstić information content (AvgIpc) is 2.68. The Kier molecular flexibility index (Phi) is 0.820. The molecule has 64 valence electrons. The van der Waals surface area contributed by atoms with Crippen molar-refractivity contribution in [3.05, 3.63) is 0 Å². The SMILES string of the molecule is O=C1C2CC3C1O[C@H]1OCC2C31. The summed E-state index contributed by atoms with van der Waals surface area (Å²) in [5, 5.41) is 0. The Morgan fingerprint density at radius 3 is 3.17 bits per heavy atom. The third-order valence-corrected chi connectivity index (χ3v) is 4.11. The molecule has 0 aromatic heterocycles. The van der Waals surface area contributed by atoms with Crippen LogP contribution in [0.5, 0.6) is 0 Å². The van der Waals surface area contributed by atoms with E-state index in [1.54, 1.807) is 0 Å². The molecular weight excluding hydrogens is 156 g/mol. The molecule has 2 saturated carbocycles. The lowest BCUT2D eigenvalue weighted by molar-refractivity contribution is -0.151. The molecule has 0 radical (unpaired) electrons. The maximum atomic E-state index is 11.6. The first-order valence-corrected chi connectivity index (χ1v) is 4.67. The highest BCUT2D eigenvalue weighted by molar-refractivity contribution is 5.90. The molecule has 4 aliphatic rings. The molecule has 0 aromatic rings. The van der Waals surface area contributed by atoms with Crippen LogP contribution in [0, 0.1) is 23.7 Å². The summed E-state index contributed by atoms with van der Waals surface area (Å²) < 4.78 is 11.1. The Labute approximate surface area is 70.0 Å². The minimum Gasteiger partial charge on any atom is -0.352 e. The van der Waals surface area contributed by atoms with Gasteiger partial charge in [-0.3, -0.25) is 4.79 Å². The molecule has 0 N–H and O–H groups in total. The molecule has 3 nitrogen and oxygen atoms in total. The van der Waals surface area contributed by atoms with Crippen LogP contribution in [0.3, 0.4) is 0 Å².